The zero-order valence-corrected chi connectivity index (χ0v) is 8.37. The number of rotatable bonds is 1. The van der Waals surface area contributed by atoms with Crippen LogP contribution in [0.1, 0.15) is 12.6 Å². The van der Waals surface area contributed by atoms with Crippen molar-refractivity contribution in [3.63, 3.8) is 0 Å². The van der Waals surface area contributed by atoms with E-state index in [1.54, 1.807) is 0 Å². The lowest BCUT2D eigenvalue weighted by Crippen LogP contribution is -1.86. The Morgan fingerprint density at radius 3 is 3.08 bits per heavy atom. The lowest BCUT2D eigenvalue weighted by molar-refractivity contribution is 0.896. The smallest absolute Gasteiger partial charge is 0.0806 e. The predicted molar refractivity (Wildman–Crippen MR) is 52.3 cm³/mol. The molecule has 0 saturated carbocycles. The van der Waals surface area contributed by atoms with E-state index in [9.17, 15) is 0 Å². The van der Waals surface area contributed by atoms with Crippen LogP contribution in [-0.2, 0) is 6.42 Å². The van der Waals surface area contributed by atoms with Gasteiger partial charge in [-0.25, -0.2) is 4.52 Å². The summed E-state index contributed by atoms with van der Waals surface area (Å²) in [6, 6.07) is 6.10. The van der Waals surface area contributed by atoms with Crippen LogP contribution in [0, 0.1) is 0 Å². The van der Waals surface area contributed by atoms with Crippen LogP contribution >= 0.6 is 15.9 Å². The Bertz CT molecular complexity index is 406. The molecule has 0 aliphatic rings. The van der Waals surface area contributed by atoms with Gasteiger partial charge in [-0.3, -0.25) is 0 Å². The molecule has 2 rings (SSSR count). The molecule has 2 nitrogen and oxygen atoms in total. The molecule has 12 heavy (non-hydrogen) atoms. The highest BCUT2D eigenvalue weighted by Crippen LogP contribution is 2.18. The van der Waals surface area contributed by atoms with Crippen LogP contribution in [0.5, 0.6) is 0 Å². The third kappa shape index (κ3) is 1.14. The van der Waals surface area contributed by atoms with Crippen molar-refractivity contribution in [2.24, 2.45) is 0 Å². The van der Waals surface area contributed by atoms with Gasteiger partial charge in [0.2, 0.25) is 0 Å². The van der Waals surface area contributed by atoms with Crippen LogP contribution in [0.3, 0.4) is 0 Å². The van der Waals surface area contributed by atoms with Gasteiger partial charge in [-0.05, 0) is 40.5 Å². The van der Waals surface area contributed by atoms with E-state index in [4.69, 9.17) is 0 Å². The third-order valence-electron chi connectivity index (χ3n) is 1.86. The standard InChI is InChI=1S/C9H9BrN2/c1-2-7-6-9-8(10)4-3-5-12(9)11-7/h3-6H,2H2,1H3. The quantitative estimate of drug-likeness (QED) is 0.729. The van der Waals surface area contributed by atoms with Crippen LogP contribution < -0.4 is 0 Å². The maximum absolute atomic E-state index is 4.38. The summed E-state index contributed by atoms with van der Waals surface area (Å²) in [6.45, 7) is 2.11. The van der Waals surface area contributed by atoms with Crippen LogP contribution in [-0.4, -0.2) is 9.61 Å². The summed E-state index contributed by atoms with van der Waals surface area (Å²) in [5.41, 5.74) is 2.26. The molecule has 0 aromatic carbocycles. The van der Waals surface area contributed by atoms with E-state index in [1.165, 1.54) is 0 Å². The fraction of sp³-hybridized carbons (Fsp3) is 0.222. The van der Waals surface area contributed by atoms with Crippen LogP contribution in [0.15, 0.2) is 28.9 Å². The highest BCUT2D eigenvalue weighted by Gasteiger charge is 2.01. The van der Waals surface area contributed by atoms with Gasteiger partial charge in [-0.1, -0.05) is 6.92 Å². The van der Waals surface area contributed by atoms with Gasteiger partial charge >= 0.3 is 0 Å². The summed E-state index contributed by atoms with van der Waals surface area (Å²) in [6.07, 6.45) is 2.94. The molecule has 0 saturated heterocycles. The summed E-state index contributed by atoms with van der Waals surface area (Å²) < 4.78 is 2.99. The summed E-state index contributed by atoms with van der Waals surface area (Å²) in [4.78, 5) is 0. The van der Waals surface area contributed by atoms with E-state index in [0.717, 1.165) is 22.1 Å². The van der Waals surface area contributed by atoms with Crippen LogP contribution in [0.2, 0.25) is 0 Å². The maximum atomic E-state index is 4.38. The Morgan fingerprint density at radius 2 is 2.42 bits per heavy atom. The first-order valence-corrected chi connectivity index (χ1v) is 4.73. The molecule has 0 atom stereocenters. The second kappa shape index (κ2) is 2.90. The van der Waals surface area contributed by atoms with Crippen molar-refractivity contribution in [3.8, 4) is 0 Å². The first-order chi connectivity index (χ1) is 5.81. The topological polar surface area (TPSA) is 17.3 Å². The Balaban J connectivity index is 2.74. The Kier molecular flexibility index (Phi) is 1.89. The molecule has 0 N–H and O–H groups in total. The van der Waals surface area contributed by atoms with Crippen molar-refractivity contribution >= 4 is 21.4 Å². The number of nitrogens with zero attached hydrogens (tertiary/aromatic N) is 2. The molecule has 0 spiro atoms. The molecule has 2 heterocycles. The van der Waals surface area contributed by atoms with Crippen LogP contribution in [0.4, 0.5) is 0 Å². The van der Waals surface area contributed by atoms with Crippen molar-refractivity contribution < 1.29 is 0 Å². The van der Waals surface area contributed by atoms with Gasteiger partial charge in [-0.2, -0.15) is 5.10 Å². The second-order valence-electron chi connectivity index (χ2n) is 2.68. The van der Waals surface area contributed by atoms with Gasteiger partial charge in [-0.15, -0.1) is 0 Å². The van der Waals surface area contributed by atoms with Crippen molar-refractivity contribution in [2.45, 2.75) is 13.3 Å². The van der Waals surface area contributed by atoms with Gasteiger partial charge in [0.05, 0.1) is 11.2 Å². The molecule has 0 amide bonds. The maximum Gasteiger partial charge on any atom is 0.0806 e. The predicted octanol–water partition coefficient (Wildman–Crippen LogP) is 2.66. The van der Waals surface area contributed by atoms with E-state index in [-0.39, 0.29) is 0 Å². The Labute approximate surface area is 79.3 Å². The molecule has 0 fully saturated rings. The second-order valence-corrected chi connectivity index (χ2v) is 3.53. The van der Waals surface area contributed by atoms with E-state index in [1.807, 2.05) is 22.8 Å². The summed E-state index contributed by atoms with van der Waals surface area (Å²) in [5, 5.41) is 4.38. The molecule has 0 bridgehead atoms. The molecule has 0 aliphatic heterocycles. The SMILES string of the molecule is CCc1cc2c(Br)cccn2n1. The minimum absolute atomic E-state index is 0.980. The lowest BCUT2D eigenvalue weighted by atomic mass is 10.3. The fourth-order valence-electron chi connectivity index (χ4n) is 1.20. The van der Waals surface area contributed by atoms with E-state index in [0.29, 0.717) is 0 Å². The number of fused-ring (bicyclic) bond motifs is 1. The molecular formula is C9H9BrN2. The minimum Gasteiger partial charge on any atom is -0.240 e. The number of hydrogen-bond acceptors (Lipinski definition) is 1. The lowest BCUT2D eigenvalue weighted by Gasteiger charge is -1.92. The van der Waals surface area contributed by atoms with Gasteiger partial charge < -0.3 is 0 Å². The molecule has 2 aromatic rings. The first-order valence-electron chi connectivity index (χ1n) is 3.94. The Hall–Kier alpha value is -0.830. The first kappa shape index (κ1) is 7.80. The molecule has 2 aromatic heterocycles. The number of hydrogen-bond donors (Lipinski definition) is 0. The van der Waals surface area contributed by atoms with E-state index in [2.05, 4.69) is 34.0 Å². The van der Waals surface area contributed by atoms with E-state index >= 15 is 0 Å². The summed E-state index contributed by atoms with van der Waals surface area (Å²) in [5.74, 6) is 0. The molecule has 62 valence electrons. The van der Waals surface area contributed by atoms with Crippen molar-refractivity contribution in [3.05, 3.63) is 34.6 Å². The van der Waals surface area contributed by atoms with E-state index < -0.39 is 0 Å². The largest absolute Gasteiger partial charge is 0.240 e. The number of halogens is 1. The highest BCUT2D eigenvalue weighted by molar-refractivity contribution is 9.10. The van der Waals surface area contributed by atoms with Gasteiger partial charge in [0.15, 0.2) is 0 Å². The van der Waals surface area contributed by atoms with Crippen molar-refractivity contribution in [1.82, 2.24) is 9.61 Å². The minimum atomic E-state index is 0.980. The molecule has 0 unspecified atom stereocenters. The zero-order chi connectivity index (χ0) is 8.55. The van der Waals surface area contributed by atoms with Crippen LogP contribution in [0.25, 0.3) is 5.52 Å². The van der Waals surface area contributed by atoms with Gasteiger partial charge in [0, 0.05) is 10.7 Å². The summed E-state index contributed by atoms with van der Waals surface area (Å²) >= 11 is 3.48. The number of aromatic nitrogens is 2. The molecular weight excluding hydrogens is 216 g/mol. The fourth-order valence-corrected chi connectivity index (χ4v) is 1.65. The Morgan fingerprint density at radius 1 is 1.58 bits per heavy atom. The normalized spacial score (nSPS) is 10.8. The zero-order valence-electron chi connectivity index (χ0n) is 6.79. The van der Waals surface area contributed by atoms with Gasteiger partial charge in [0.1, 0.15) is 0 Å². The van der Waals surface area contributed by atoms with Gasteiger partial charge in [0.25, 0.3) is 0 Å². The average Bonchev–Trinajstić information content (AvgIpc) is 2.49. The van der Waals surface area contributed by atoms with Crippen molar-refractivity contribution in [2.75, 3.05) is 0 Å². The monoisotopic (exact) mass is 224 g/mol. The van der Waals surface area contributed by atoms with Crippen molar-refractivity contribution in [1.29, 1.82) is 0 Å². The third-order valence-corrected chi connectivity index (χ3v) is 2.53. The highest BCUT2D eigenvalue weighted by atomic mass is 79.9. The molecule has 0 radical (unpaired) electrons. The molecule has 3 heteroatoms. The number of aryl methyl sites for hydroxylation is 1. The average molecular weight is 225 g/mol. The molecule has 0 aliphatic carbocycles. The number of pyridine rings is 1. The summed E-state index contributed by atoms with van der Waals surface area (Å²) in [7, 11) is 0.